The second kappa shape index (κ2) is 5.46. The normalized spacial score (nSPS) is 11.3. The zero-order chi connectivity index (χ0) is 15.9. The molecule has 0 fully saturated rings. The first-order valence-electron chi connectivity index (χ1n) is 7.55. The highest BCUT2D eigenvalue weighted by Gasteiger charge is 2.14. The van der Waals surface area contributed by atoms with Crippen molar-refractivity contribution < 1.29 is 0 Å². The minimum Gasteiger partial charge on any atom is -0.398 e. The van der Waals surface area contributed by atoms with Gasteiger partial charge in [0.15, 0.2) is 0 Å². The van der Waals surface area contributed by atoms with E-state index in [0.717, 1.165) is 40.2 Å². The SMILES string of the molecule is Cc1cc2nc(-c3ccc(C)c(N)c3)n(CCN)c2cc1C. The number of anilines is 1. The summed E-state index contributed by atoms with van der Waals surface area (Å²) in [6, 6.07) is 10.4. The van der Waals surface area contributed by atoms with E-state index in [1.807, 2.05) is 19.1 Å². The van der Waals surface area contributed by atoms with Crippen LogP contribution in [0.3, 0.4) is 0 Å². The van der Waals surface area contributed by atoms with Crippen LogP contribution in [0.15, 0.2) is 30.3 Å². The van der Waals surface area contributed by atoms with Gasteiger partial charge in [-0.3, -0.25) is 0 Å². The molecule has 4 N–H and O–H groups in total. The van der Waals surface area contributed by atoms with Crippen LogP contribution in [0.2, 0.25) is 0 Å². The Labute approximate surface area is 130 Å². The van der Waals surface area contributed by atoms with Crippen molar-refractivity contribution in [1.82, 2.24) is 9.55 Å². The molecule has 3 aromatic rings. The maximum absolute atomic E-state index is 6.06. The molecule has 0 spiro atoms. The predicted molar refractivity (Wildman–Crippen MR) is 92.8 cm³/mol. The summed E-state index contributed by atoms with van der Waals surface area (Å²) >= 11 is 0. The highest BCUT2D eigenvalue weighted by Crippen LogP contribution is 2.28. The third-order valence-corrected chi connectivity index (χ3v) is 4.25. The zero-order valence-corrected chi connectivity index (χ0v) is 13.4. The minimum absolute atomic E-state index is 0.576. The van der Waals surface area contributed by atoms with Gasteiger partial charge in [-0.1, -0.05) is 12.1 Å². The van der Waals surface area contributed by atoms with Gasteiger partial charge >= 0.3 is 0 Å². The summed E-state index contributed by atoms with van der Waals surface area (Å²) in [7, 11) is 0. The van der Waals surface area contributed by atoms with Gasteiger partial charge in [0.1, 0.15) is 5.82 Å². The second-order valence-corrected chi connectivity index (χ2v) is 5.87. The van der Waals surface area contributed by atoms with Gasteiger partial charge in [0, 0.05) is 24.3 Å². The molecular weight excluding hydrogens is 272 g/mol. The zero-order valence-electron chi connectivity index (χ0n) is 13.4. The quantitative estimate of drug-likeness (QED) is 0.729. The van der Waals surface area contributed by atoms with Crippen molar-refractivity contribution in [3.63, 3.8) is 0 Å². The molecule has 0 saturated heterocycles. The largest absolute Gasteiger partial charge is 0.398 e. The number of nitrogens with zero attached hydrogens (tertiary/aromatic N) is 2. The van der Waals surface area contributed by atoms with Crippen molar-refractivity contribution in [1.29, 1.82) is 0 Å². The number of imidazole rings is 1. The smallest absolute Gasteiger partial charge is 0.141 e. The average molecular weight is 294 g/mol. The lowest BCUT2D eigenvalue weighted by Gasteiger charge is -2.10. The third kappa shape index (κ3) is 2.35. The molecule has 4 heteroatoms. The number of aromatic nitrogens is 2. The predicted octanol–water partition coefficient (Wildman–Crippen LogP) is 3.17. The Bertz CT molecular complexity index is 846. The highest BCUT2D eigenvalue weighted by atomic mass is 15.1. The first-order valence-corrected chi connectivity index (χ1v) is 7.55. The molecule has 22 heavy (non-hydrogen) atoms. The summed E-state index contributed by atoms with van der Waals surface area (Å²) in [5.41, 5.74) is 19.4. The van der Waals surface area contributed by atoms with E-state index in [2.05, 4.69) is 36.6 Å². The standard InChI is InChI=1S/C18H22N4/c1-11-4-5-14(10-15(11)20)18-21-16-8-12(2)13(3)9-17(16)22(18)7-6-19/h4-5,8-10H,6-7,19-20H2,1-3H3. The summed E-state index contributed by atoms with van der Waals surface area (Å²) in [5, 5.41) is 0. The molecular formula is C18H22N4. The first kappa shape index (κ1) is 14.6. The van der Waals surface area contributed by atoms with Gasteiger partial charge in [-0.25, -0.2) is 4.98 Å². The molecule has 0 amide bonds. The van der Waals surface area contributed by atoms with Crippen LogP contribution in [0.1, 0.15) is 16.7 Å². The number of aryl methyl sites for hydroxylation is 3. The molecule has 0 bridgehead atoms. The van der Waals surface area contributed by atoms with Crippen molar-refractivity contribution in [2.45, 2.75) is 27.3 Å². The Morgan fingerprint density at radius 3 is 2.41 bits per heavy atom. The highest BCUT2D eigenvalue weighted by molar-refractivity contribution is 5.82. The molecule has 0 aliphatic carbocycles. The summed E-state index contributed by atoms with van der Waals surface area (Å²) in [5.74, 6) is 0.928. The Morgan fingerprint density at radius 2 is 1.73 bits per heavy atom. The van der Waals surface area contributed by atoms with Gasteiger partial charge in [0.05, 0.1) is 11.0 Å². The van der Waals surface area contributed by atoms with Crippen LogP contribution < -0.4 is 11.5 Å². The lowest BCUT2D eigenvalue weighted by atomic mass is 10.1. The lowest BCUT2D eigenvalue weighted by molar-refractivity contribution is 0.735. The van der Waals surface area contributed by atoms with E-state index in [-0.39, 0.29) is 0 Å². The molecule has 0 unspecified atom stereocenters. The molecule has 0 aliphatic heterocycles. The summed E-state index contributed by atoms with van der Waals surface area (Å²) in [6.07, 6.45) is 0. The monoisotopic (exact) mass is 294 g/mol. The summed E-state index contributed by atoms with van der Waals surface area (Å²) < 4.78 is 2.19. The average Bonchev–Trinajstić information content (AvgIpc) is 2.81. The van der Waals surface area contributed by atoms with Crippen molar-refractivity contribution >= 4 is 16.7 Å². The number of benzene rings is 2. The lowest BCUT2D eigenvalue weighted by Crippen LogP contribution is -2.11. The van der Waals surface area contributed by atoms with Gasteiger partial charge in [-0.15, -0.1) is 0 Å². The molecule has 2 aromatic carbocycles. The van der Waals surface area contributed by atoms with Crippen LogP contribution in [-0.4, -0.2) is 16.1 Å². The van der Waals surface area contributed by atoms with Gasteiger partial charge in [-0.2, -0.15) is 0 Å². The van der Waals surface area contributed by atoms with E-state index in [4.69, 9.17) is 16.5 Å². The van der Waals surface area contributed by atoms with Crippen LogP contribution in [0.5, 0.6) is 0 Å². The van der Waals surface area contributed by atoms with Gasteiger partial charge < -0.3 is 16.0 Å². The molecule has 4 nitrogen and oxygen atoms in total. The molecule has 0 radical (unpaired) electrons. The van der Waals surface area contributed by atoms with E-state index >= 15 is 0 Å². The van der Waals surface area contributed by atoms with Crippen LogP contribution in [0, 0.1) is 20.8 Å². The van der Waals surface area contributed by atoms with E-state index in [9.17, 15) is 0 Å². The van der Waals surface area contributed by atoms with Crippen molar-refractivity contribution in [2.75, 3.05) is 12.3 Å². The minimum atomic E-state index is 0.576. The van der Waals surface area contributed by atoms with Crippen LogP contribution in [0.4, 0.5) is 5.69 Å². The van der Waals surface area contributed by atoms with E-state index < -0.39 is 0 Å². The molecule has 0 saturated carbocycles. The molecule has 1 heterocycles. The van der Waals surface area contributed by atoms with E-state index in [0.29, 0.717) is 6.54 Å². The topological polar surface area (TPSA) is 69.9 Å². The Hall–Kier alpha value is -2.33. The van der Waals surface area contributed by atoms with Crippen molar-refractivity contribution in [2.24, 2.45) is 5.73 Å². The molecule has 3 rings (SSSR count). The number of nitrogen functional groups attached to an aromatic ring is 1. The molecule has 114 valence electrons. The van der Waals surface area contributed by atoms with Gasteiger partial charge in [0.2, 0.25) is 0 Å². The van der Waals surface area contributed by atoms with E-state index in [1.165, 1.54) is 11.1 Å². The summed E-state index contributed by atoms with van der Waals surface area (Å²) in [6.45, 7) is 7.56. The third-order valence-electron chi connectivity index (χ3n) is 4.25. The Balaban J connectivity index is 2.27. The van der Waals surface area contributed by atoms with Crippen LogP contribution in [0.25, 0.3) is 22.4 Å². The van der Waals surface area contributed by atoms with Crippen LogP contribution >= 0.6 is 0 Å². The van der Waals surface area contributed by atoms with E-state index in [1.54, 1.807) is 0 Å². The summed E-state index contributed by atoms with van der Waals surface area (Å²) in [4.78, 5) is 4.83. The van der Waals surface area contributed by atoms with Crippen LogP contribution in [-0.2, 0) is 6.54 Å². The molecule has 0 atom stereocenters. The maximum Gasteiger partial charge on any atom is 0.141 e. The number of hydrogen-bond acceptors (Lipinski definition) is 3. The van der Waals surface area contributed by atoms with Gasteiger partial charge in [0.25, 0.3) is 0 Å². The number of nitrogens with two attached hydrogens (primary N) is 2. The fraction of sp³-hybridized carbons (Fsp3) is 0.278. The van der Waals surface area contributed by atoms with Gasteiger partial charge in [-0.05, 0) is 55.7 Å². The maximum atomic E-state index is 6.06. The second-order valence-electron chi connectivity index (χ2n) is 5.87. The van der Waals surface area contributed by atoms with Crippen molar-refractivity contribution in [3.05, 3.63) is 47.0 Å². The van der Waals surface area contributed by atoms with Crippen molar-refractivity contribution in [3.8, 4) is 11.4 Å². The molecule has 1 aromatic heterocycles. The fourth-order valence-corrected chi connectivity index (χ4v) is 2.74. The first-order chi connectivity index (χ1) is 10.5. The number of hydrogen-bond donors (Lipinski definition) is 2. The Morgan fingerprint density at radius 1 is 1.00 bits per heavy atom. The molecule has 0 aliphatic rings. The number of fused-ring (bicyclic) bond motifs is 1. The Kier molecular flexibility index (Phi) is 3.62. The fourth-order valence-electron chi connectivity index (χ4n) is 2.74. The number of rotatable bonds is 3.